The molecule has 2 nitrogen and oxygen atoms in total. The van der Waals surface area contributed by atoms with Gasteiger partial charge >= 0.3 is 6.07 Å². The summed E-state index contributed by atoms with van der Waals surface area (Å²) in [5.41, 5.74) is 0.615. The van der Waals surface area contributed by atoms with Crippen LogP contribution in [0.1, 0.15) is 5.56 Å². The summed E-state index contributed by atoms with van der Waals surface area (Å²) in [4.78, 5) is 0. The SMILES string of the molecule is Cc1cc(Cl)cc(Cl)c1OP(=O)(Cl)Cl. The zero-order valence-electron chi connectivity index (χ0n) is 6.93. The number of aryl methyl sites for hydroxylation is 1. The van der Waals surface area contributed by atoms with Crippen LogP contribution < -0.4 is 4.52 Å². The number of benzene rings is 1. The predicted octanol–water partition coefficient (Wildman–Crippen LogP) is 5.27. The predicted molar refractivity (Wildman–Crippen MR) is 61.1 cm³/mol. The normalized spacial score (nSPS) is 11.5. The molecule has 7 heteroatoms. The summed E-state index contributed by atoms with van der Waals surface area (Å²) in [5, 5.41) is 0.676. The Hall–Kier alpha value is 0.410. The van der Waals surface area contributed by atoms with Crippen molar-refractivity contribution in [2.45, 2.75) is 6.92 Å². The summed E-state index contributed by atoms with van der Waals surface area (Å²) >= 11 is 22.0. The van der Waals surface area contributed by atoms with Crippen LogP contribution in [0.3, 0.4) is 0 Å². The Morgan fingerprint density at radius 3 is 2.29 bits per heavy atom. The lowest BCUT2D eigenvalue weighted by Crippen LogP contribution is -1.87. The summed E-state index contributed by atoms with van der Waals surface area (Å²) in [6, 6.07) is 3.06. The van der Waals surface area contributed by atoms with E-state index in [9.17, 15) is 4.57 Å². The van der Waals surface area contributed by atoms with E-state index in [-0.39, 0.29) is 10.8 Å². The molecule has 78 valence electrons. The van der Waals surface area contributed by atoms with Crippen molar-refractivity contribution in [2.75, 3.05) is 0 Å². The lowest BCUT2D eigenvalue weighted by atomic mass is 10.2. The highest BCUT2D eigenvalue weighted by Crippen LogP contribution is 2.58. The van der Waals surface area contributed by atoms with E-state index in [1.54, 1.807) is 13.0 Å². The third-order valence-electron chi connectivity index (χ3n) is 1.39. The van der Waals surface area contributed by atoms with Gasteiger partial charge in [-0.3, -0.25) is 0 Å². The van der Waals surface area contributed by atoms with Crippen LogP contribution in [-0.2, 0) is 4.57 Å². The van der Waals surface area contributed by atoms with Crippen LogP contribution in [0.25, 0.3) is 0 Å². The summed E-state index contributed by atoms with van der Waals surface area (Å²) in [6.07, 6.45) is -3.64. The van der Waals surface area contributed by atoms with Crippen molar-refractivity contribution in [2.24, 2.45) is 0 Å². The number of hydrogen-bond acceptors (Lipinski definition) is 2. The van der Waals surface area contributed by atoms with Crippen molar-refractivity contribution in [3.05, 3.63) is 27.7 Å². The molecular weight excluding hydrogens is 289 g/mol. The fourth-order valence-electron chi connectivity index (χ4n) is 0.911. The average molecular weight is 294 g/mol. The highest BCUT2D eigenvalue weighted by molar-refractivity contribution is 8.05. The molecule has 1 aromatic carbocycles. The zero-order valence-corrected chi connectivity index (χ0v) is 10.8. The Kier molecular flexibility index (Phi) is 4.02. The first-order chi connectivity index (χ1) is 6.29. The van der Waals surface area contributed by atoms with E-state index in [1.165, 1.54) is 6.07 Å². The van der Waals surface area contributed by atoms with E-state index in [0.29, 0.717) is 10.6 Å². The van der Waals surface area contributed by atoms with Gasteiger partial charge in [0.15, 0.2) is 5.75 Å². The fourth-order valence-corrected chi connectivity index (χ4v) is 2.47. The molecule has 0 unspecified atom stereocenters. The largest absolute Gasteiger partial charge is 0.428 e. The number of halogens is 4. The molecule has 0 spiro atoms. The minimum atomic E-state index is -3.64. The van der Waals surface area contributed by atoms with Gasteiger partial charge in [-0.25, -0.2) is 4.57 Å². The van der Waals surface area contributed by atoms with Crippen LogP contribution in [0, 0.1) is 6.92 Å². The fraction of sp³-hybridized carbons (Fsp3) is 0.143. The molecular formula is C7H5Cl4O2P. The molecule has 0 N–H and O–H groups in total. The molecule has 0 aliphatic carbocycles. The maximum Gasteiger partial charge on any atom is 0.428 e. The third kappa shape index (κ3) is 3.52. The monoisotopic (exact) mass is 292 g/mol. The van der Waals surface area contributed by atoms with Crippen molar-refractivity contribution >= 4 is 51.8 Å². The van der Waals surface area contributed by atoms with Crippen LogP contribution >= 0.6 is 51.8 Å². The molecule has 0 amide bonds. The second-order valence-electron chi connectivity index (χ2n) is 2.54. The van der Waals surface area contributed by atoms with Crippen LogP contribution in [0.4, 0.5) is 0 Å². The van der Waals surface area contributed by atoms with Crippen molar-refractivity contribution < 1.29 is 9.09 Å². The standard InChI is InChI=1S/C7H5Cl4O2P/c1-4-2-5(8)3-6(9)7(4)13-14(10,11)12/h2-3H,1H3. The first-order valence-electron chi connectivity index (χ1n) is 3.44. The van der Waals surface area contributed by atoms with Gasteiger partial charge in [0.2, 0.25) is 0 Å². The van der Waals surface area contributed by atoms with Gasteiger partial charge in [-0.05, 0) is 24.6 Å². The van der Waals surface area contributed by atoms with Gasteiger partial charge in [0.1, 0.15) is 0 Å². The molecule has 0 aliphatic heterocycles. The smallest absolute Gasteiger partial charge is 0.420 e. The Morgan fingerprint density at radius 1 is 1.29 bits per heavy atom. The molecule has 0 fully saturated rings. The summed E-state index contributed by atoms with van der Waals surface area (Å²) in [5.74, 6) is 0.185. The second kappa shape index (κ2) is 4.51. The van der Waals surface area contributed by atoms with Gasteiger partial charge in [0, 0.05) is 27.5 Å². The van der Waals surface area contributed by atoms with Crippen molar-refractivity contribution in [3.63, 3.8) is 0 Å². The van der Waals surface area contributed by atoms with Gasteiger partial charge in [-0.15, -0.1) is 0 Å². The van der Waals surface area contributed by atoms with E-state index in [4.69, 9.17) is 50.2 Å². The molecule has 0 radical (unpaired) electrons. The van der Waals surface area contributed by atoms with Crippen molar-refractivity contribution in [1.29, 1.82) is 0 Å². The Labute approximate surface area is 101 Å². The van der Waals surface area contributed by atoms with Crippen LogP contribution in [0.2, 0.25) is 10.0 Å². The first-order valence-corrected chi connectivity index (χ1v) is 7.63. The molecule has 0 saturated carbocycles. The van der Waals surface area contributed by atoms with Gasteiger partial charge in [0.25, 0.3) is 0 Å². The average Bonchev–Trinajstić information content (AvgIpc) is 1.95. The van der Waals surface area contributed by atoms with E-state index in [0.717, 1.165) is 0 Å². The molecule has 0 heterocycles. The maximum absolute atomic E-state index is 11.0. The molecule has 0 aromatic heterocycles. The van der Waals surface area contributed by atoms with E-state index in [2.05, 4.69) is 0 Å². The Balaban J connectivity index is 3.15. The van der Waals surface area contributed by atoms with Gasteiger partial charge in [-0.1, -0.05) is 23.2 Å². The van der Waals surface area contributed by atoms with Crippen molar-refractivity contribution in [3.8, 4) is 5.75 Å². The molecule has 14 heavy (non-hydrogen) atoms. The van der Waals surface area contributed by atoms with Gasteiger partial charge in [0.05, 0.1) is 5.02 Å². The highest BCUT2D eigenvalue weighted by Gasteiger charge is 2.20. The topological polar surface area (TPSA) is 26.3 Å². The van der Waals surface area contributed by atoms with Crippen LogP contribution in [-0.4, -0.2) is 0 Å². The van der Waals surface area contributed by atoms with E-state index >= 15 is 0 Å². The highest BCUT2D eigenvalue weighted by atomic mass is 35.9. The maximum atomic E-state index is 11.0. The molecule has 0 aliphatic rings. The van der Waals surface area contributed by atoms with E-state index < -0.39 is 6.07 Å². The number of hydrogen-bond donors (Lipinski definition) is 0. The minimum Gasteiger partial charge on any atom is -0.420 e. The second-order valence-corrected chi connectivity index (χ2v) is 7.58. The van der Waals surface area contributed by atoms with Crippen LogP contribution in [0.15, 0.2) is 12.1 Å². The van der Waals surface area contributed by atoms with Crippen LogP contribution in [0.5, 0.6) is 5.75 Å². The van der Waals surface area contributed by atoms with E-state index in [1.807, 2.05) is 0 Å². The molecule has 1 aromatic rings. The summed E-state index contributed by atoms with van der Waals surface area (Å²) in [7, 11) is 0. The quantitative estimate of drug-likeness (QED) is 0.695. The summed E-state index contributed by atoms with van der Waals surface area (Å²) < 4.78 is 15.8. The Morgan fingerprint density at radius 2 is 1.86 bits per heavy atom. The molecule has 0 atom stereocenters. The van der Waals surface area contributed by atoms with Gasteiger partial charge in [-0.2, -0.15) is 0 Å². The Bertz CT molecular complexity index is 378. The lowest BCUT2D eigenvalue weighted by molar-refractivity contribution is 0.511. The number of rotatable bonds is 2. The van der Waals surface area contributed by atoms with Crippen molar-refractivity contribution in [1.82, 2.24) is 0 Å². The summed E-state index contributed by atoms with van der Waals surface area (Å²) in [6.45, 7) is 1.69. The van der Waals surface area contributed by atoms with Gasteiger partial charge < -0.3 is 4.52 Å². The first kappa shape index (κ1) is 12.5. The minimum absolute atomic E-state index is 0.185. The molecule has 0 bridgehead atoms. The molecule has 0 saturated heterocycles. The molecule has 1 rings (SSSR count). The lowest BCUT2D eigenvalue weighted by Gasteiger charge is -2.10. The third-order valence-corrected chi connectivity index (χ3v) is 2.70. The zero-order chi connectivity index (χ0) is 10.9.